The molecule has 0 atom stereocenters. The number of halogens is 1. The number of carbonyl (C=O) groups is 1. The summed E-state index contributed by atoms with van der Waals surface area (Å²) in [5, 5.41) is 0. The number of allylic oxidation sites excluding steroid dienone is 4. The normalized spacial score (nSPS) is 11.6. The summed E-state index contributed by atoms with van der Waals surface area (Å²) in [5.74, 6) is -0.352. The molecule has 0 N–H and O–H groups in total. The van der Waals surface area contributed by atoms with E-state index in [4.69, 9.17) is 0 Å². The van der Waals surface area contributed by atoms with Gasteiger partial charge < -0.3 is 4.74 Å². The zero-order valence-electron chi connectivity index (χ0n) is 6.21. The first kappa shape index (κ1) is 10.4. The second-order valence-electron chi connectivity index (χ2n) is 1.64. The average Bonchev–Trinajstić information content (AvgIpc) is 2.04. The SMILES string of the molecule is C=C/C(I)=C\C=C\C(=O)OC. The van der Waals surface area contributed by atoms with E-state index in [9.17, 15) is 4.79 Å². The third kappa shape index (κ3) is 5.84. The van der Waals surface area contributed by atoms with Gasteiger partial charge in [-0.25, -0.2) is 4.79 Å². The maximum absolute atomic E-state index is 10.5. The minimum Gasteiger partial charge on any atom is -0.466 e. The van der Waals surface area contributed by atoms with Crippen LogP contribution in [0.25, 0.3) is 0 Å². The van der Waals surface area contributed by atoms with Gasteiger partial charge in [0.2, 0.25) is 0 Å². The predicted octanol–water partition coefficient (Wildman–Crippen LogP) is 2.22. The van der Waals surface area contributed by atoms with Crippen LogP contribution in [0.5, 0.6) is 0 Å². The van der Waals surface area contributed by atoms with Crippen molar-refractivity contribution in [1.29, 1.82) is 0 Å². The Kier molecular flexibility index (Phi) is 5.83. The van der Waals surface area contributed by atoms with Gasteiger partial charge in [0.15, 0.2) is 0 Å². The van der Waals surface area contributed by atoms with Gasteiger partial charge in [0.1, 0.15) is 0 Å². The first-order chi connectivity index (χ1) is 5.20. The number of rotatable bonds is 3. The van der Waals surface area contributed by atoms with Crippen LogP contribution >= 0.6 is 22.6 Å². The van der Waals surface area contributed by atoms with Crippen molar-refractivity contribution in [3.8, 4) is 0 Å². The highest BCUT2D eigenvalue weighted by Crippen LogP contribution is 2.05. The zero-order valence-corrected chi connectivity index (χ0v) is 8.37. The van der Waals surface area contributed by atoms with Crippen molar-refractivity contribution < 1.29 is 9.53 Å². The van der Waals surface area contributed by atoms with Gasteiger partial charge in [-0.3, -0.25) is 0 Å². The second kappa shape index (κ2) is 6.15. The standard InChI is InChI=1S/C8H9IO2/c1-3-7(9)5-4-6-8(10)11-2/h3-6H,1H2,2H3/b6-4+,7-5+. The van der Waals surface area contributed by atoms with Crippen LogP contribution in [0.1, 0.15) is 0 Å². The fourth-order valence-electron chi connectivity index (χ4n) is 0.355. The van der Waals surface area contributed by atoms with Crippen LogP contribution in [0.15, 0.2) is 34.5 Å². The topological polar surface area (TPSA) is 26.3 Å². The maximum Gasteiger partial charge on any atom is 0.330 e. The van der Waals surface area contributed by atoms with E-state index in [0.717, 1.165) is 3.58 Å². The highest BCUT2D eigenvalue weighted by atomic mass is 127. The van der Waals surface area contributed by atoms with E-state index in [0.29, 0.717) is 0 Å². The number of methoxy groups -OCH3 is 1. The van der Waals surface area contributed by atoms with Crippen molar-refractivity contribution in [2.45, 2.75) is 0 Å². The Balaban J connectivity index is 3.95. The van der Waals surface area contributed by atoms with Gasteiger partial charge in [0.25, 0.3) is 0 Å². The number of hydrogen-bond donors (Lipinski definition) is 0. The Morgan fingerprint density at radius 2 is 2.27 bits per heavy atom. The molecule has 0 saturated carbocycles. The van der Waals surface area contributed by atoms with E-state index in [1.807, 2.05) is 0 Å². The van der Waals surface area contributed by atoms with Crippen molar-refractivity contribution in [2.75, 3.05) is 7.11 Å². The lowest BCUT2D eigenvalue weighted by Gasteiger charge is -1.86. The number of hydrogen-bond acceptors (Lipinski definition) is 2. The van der Waals surface area contributed by atoms with Gasteiger partial charge in [0, 0.05) is 9.66 Å². The second-order valence-corrected chi connectivity index (χ2v) is 2.88. The molecule has 0 heterocycles. The number of ether oxygens (including phenoxy) is 1. The van der Waals surface area contributed by atoms with Crippen molar-refractivity contribution in [3.63, 3.8) is 0 Å². The van der Waals surface area contributed by atoms with Gasteiger partial charge in [-0.2, -0.15) is 0 Å². The molecule has 0 unspecified atom stereocenters. The molecule has 60 valence electrons. The molecule has 0 aromatic carbocycles. The van der Waals surface area contributed by atoms with Crippen LogP contribution in [-0.4, -0.2) is 13.1 Å². The summed E-state index contributed by atoms with van der Waals surface area (Å²) in [5.41, 5.74) is 0. The lowest BCUT2D eigenvalue weighted by Crippen LogP contribution is -1.92. The molecule has 0 amide bonds. The van der Waals surface area contributed by atoms with Crippen molar-refractivity contribution >= 4 is 28.6 Å². The van der Waals surface area contributed by atoms with Gasteiger partial charge >= 0.3 is 5.97 Å². The highest BCUT2D eigenvalue weighted by Gasteiger charge is 1.87. The Morgan fingerprint density at radius 3 is 2.73 bits per heavy atom. The molecule has 0 aliphatic rings. The molecule has 11 heavy (non-hydrogen) atoms. The summed E-state index contributed by atoms with van der Waals surface area (Å²) >= 11 is 2.10. The van der Waals surface area contributed by atoms with Crippen molar-refractivity contribution in [1.82, 2.24) is 0 Å². The van der Waals surface area contributed by atoms with Gasteiger partial charge in [-0.1, -0.05) is 18.7 Å². The molecular formula is C8H9IO2. The van der Waals surface area contributed by atoms with Crippen molar-refractivity contribution in [2.24, 2.45) is 0 Å². The minimum atomic E-state index is -0.352. The van der Waals surface area contributed by atoms with Crippen LogP contribution in [0.2, 0.25) is 0 Å². The molecule has 0 fully saturated rings. The predicted molar refractivity (Wildman–Crippen MR) is 53.5 cm³/mol. The quantitative estimate of drug-likeness (QED) is 0.338. The molecule has 0 bridgehead atoms. The van der Waals surface area contributed by atoms with Crippen LogP contribution in [-0.2, 0) is 9.53 Å². The van der Waals surface area contributed by atoms with Gasteiger partial charge in [0.05, 0.1) is 7.11 Å². The average molecular weight is 264 g/mol. The summed E-state index contributed by atoms with van der Waals surface area (Å²) in [6.45, 7) is 3.55. The van der Waals surface area contributed by atoms with Gasteiger partial charge in [-0.15, -0.1) is 0 Å². The summed E-state index contributed by atoms with van der Waals surface area (Å²) in [7, 11) is 1.34. The fourth-order valence-corrected chi connectivity index (χ4v) is 0.562. The first-order valence-electron chi connectivity index (χ1n) is 2.95. The Bertz CT molecular complexity index is 204. The van der Waals surface area contributed by atoms with Crippen LogP contribution < -0.4 is 0 Å². The Hall–Kier alpha value is -0.580. The van der Waals surface area contributed by atoms with E-state index in [1.54, 1.807) is 18.2 Å². The molecule has 0 aliphatic heterocycles. The van der Waals surface area contributed by atoms with E-state index in [2.05, 4.69) is 33.9 Å². The first-order valence-corrected chi connectivity index (χ1v) is 4.03. The zero-order chi connectivity index (χ0) is 8.69. The third-order valence-corrected chi connectivity index (χ3v) is 1.68. The Labute approximate surface area is 79.8 Å². The van der Waals surface area contributed by atoms with E-state index in [1.165, 1.54) is 13.2 Å². The molecule has 0 radical (unpaired) electrons. The van der Waals surface area contributed by atoms with Crippen LogP contribution in [0, 0.1) is 0 Å². The molecule has 0 aromatic rings. The smallest absolute Gasteiger partial charge is 0.330 e. The molecule has 2 nitrogen and oxygen atoms in total. The number of carbonyl (C=O) groups excluding carboxylic acids is 1. The molecule has 0 aromatic heterocycles. The lowest BCUT2D eigenvalue weighted by atomic mass is 10.4. The molecule has 0 spiro atoms. The van der Waals surface area contributed by atoms with Crippen molar-refractivity contribution in [3.05, 3.63) is 34.5 Å². The Morgan fingerprint density at radius 1 is 1.64 bits per heavy atom. The van der Waals surface area contributed by atoms with Gasteiger partial charge in [-0.05, 0) is 28.7 Å². The molecule has 0 aliphatic carbocycles. The van der Waals surface area contributed by atoms with E-state index in [-0.39, 0.29) is 5.97 Å². The highest BCUT2D eigenvalue weighted by molar-refractivity contribution is 14.1. The largest absolute Gasteiger partial charge is 0.466 e. The van der Waals surface area contributed by atoms with Crippen LogP contribution in [0.3, 0.4) is 0 Å². The van der Waals surface area contributed by atoms with Crippen LogP contribution in [0.4, 0.5) is 0 Å². The number of esters is 1. The summed E-state index contributed by atoms with van der Waals surface area (Å²) in [6, 6.07) is 0. The summed E-state index contributed by atoms with van der Waals surface area (Å²) in [4.78, 5) is 10.5. The fraction of sp³-hybridized carbons (Fsp3) is 0.125. The molecular weight excluding hydrogens is 255 g/mol. The minimum absolute atomic E-state index is 0.352. The summed E-state index contributed by atoms with van der Waals surface area (Å²) < 4.78 is 5.36. The van der Waals surface area contributed by atoms with E-state index < -0.39 is 0 Å². The van der Waals surface area contributed by atoms with E-state index >= 15 is 0 Å². The third-order valence-electron chi connectivity index (χ3n) is 0.884. The lowest BCUT2D eigenvalue weighted by molar-refractivity contribution is -0.134. The molecule has 0 saturated heterocycles. The summed E-state index contributed by atoms with van der Waals surface area (Å²) in [6.07, 6.45) is 6.43. The molecule has 0 rings (SSSR count). The molecule has 3 heteroatoms. The maximum atomic E-state index is 10.5. The monoisotopic (exact) mass is 264 g/mol.